The van der Waals surface area contributed by atoms with E-state index in [1.54, 1.807) is 17.0 Å². The molecule has 0 atom stereocenters. The van der Waals surface area contributed by atoms with Crippen molar-refractivity contribution in [2.75, 3.05) is 64.3 Å². The van der Waals surface area contributed by atoms with Crippen LogP contribution in [0.25, 0.3) is 16.7 Å². The van der Waals surface area contributed by atoms with Gasteiger partial charge in [-0.2, -0.15) is 4.98 Å². The molecule has 40 heavy (non-hydrogen) atoms. The zero-order valence-corrected chi connectivity index (χ0v) is 22.8. The SMILES string of the molecule is CCN1CCN(Cc2ccc(Nc3ncc4ccn(-c5cc(F)c(CN6CCOCC6)c(F)c5)c4n3)cc2)CC1. The van der Waals surface area contributed by atoms with Crippen LogP contribution in [0, 0.1) is 11.6 Å². The van der Waals surface area contributed by atoms with Crippen LogP contribution in [0.15, 0.2) is 54.9 Å². The molecule has 2 aliphatic rings. The molecule has 0 bridgehead atoms. The first-order chi connectivity index (χ1) is 19.6. The Hall–Kier alpha value is -3.44. The van der Waals surface area contributed by atoms with Gasteiger partial charge in [0.1, 0.15) is 17.3 Å². The highest BCUT2D eigenvalue weighted by Gasteiger charge is 2.19. The second-order valence-corrected chi connectivity index (χ2v) is 10.5. The van der Waals surface area contributed by atoms with E-state index in [0.29, 0.717) is 43.6 Å². The molecule has 2 saturated heterocycles. The van der Waals surface area contributed by atoms with E-state index in [1.807, 2.05) is 23.1 Å². The van der Waals surface area contributed by atoms with Gasteiger partial charge in [0, 0.05) is 81.4 Å². The molecule has 210 valence electrons. The van der Waals surface area contributed by atoms with Crippen LogP contribution in [-0.4, -0.2) is 88.3 Å². The lowest BCUT2D eigenvalue weighted by molar-refractivity contribution is 0.0332. The van der Waals surface area contributed by atoms with E-state index in [4.69, 9.17) is 4.74 Å². The predicted molar refractivity (Wildman–Crippen MR) is 152 cm³/mol. The molecule has 0 radical (unpaired) electrons. The Balaban J connectivity index is 1.16. The number of nitrogens with one attached hydrogen (secondary N) is 1. The zero-order chi connectivity index (χ0) is 27.5. The molecule has 1 N–H and O–H groups in total. The van der Waals surface area contributed by atoms with Crippen LogP contribution in [0.4, 0.5) is 20.4 Å². The standard InChI is InChI=1S/C30H35F2N7O/c1-2-36-9-11-37(12-10-36)20-22-3-5-24(6-4-22)34-30-33-19-23-7-8-39(29(23)35-30)25-17-27(31)26(28(32)18-25)21-38-13-15-40-16-14-38/h3-8,17-19H,2,9-16,20-21H2,1H3,(H,33,34,35). The maximum absolute atomic E-state index is 15.1. The van der Waals surface area contributed by atoms with Gasteiger partial charge >= 0.3 is 0 Å². The van der Waals surface area contributed by atoms with E-state index >= 15 is 8.78 Å². The van der Waals surface area contributed by atoms with Gasteiger partial charge in [-0.15, -0.1) is 0 Å². The Labute approximate surface area is 233 Å². The summed E-state index contributed by atoms with van der Waals surface area (Å²) in [5, 5.41) is 4.05. The van der Waals surface area contributed by atoms with Gasteiger partial charge in [0.05, 0.1) is 18.9 Å². The van der Waals surface area contributed by atoms with Crippen LogP contribution in [0.5, 0.6) is 0 Å². The number of likely N-dealkylation sites (N-methyl/N-ethyl adjacent to an activating group) is 1. The number of ether oxygens (including phenoxy) is 1. The van der Waals surface area contributed by atoms with Crippen LogP contribution in [0.2, 0.25) is 0 Å². The number of hydrogen-bond donors (Lipinski definition) is 1. The average Bonchev–Trinajstić information content (AvgIpc) is 3.40. The molecule has 8 nitrogen and oxygen atoms in total. The van der Waals surface area contributed by atoms with Crippen LogP contribution < -0.4 is 5.32 Å². The highest BCUT2D eigenvalue weighted by molar-refractivity contribution is 5.78. The first-order valence-electron chi connectivity index (χ1n) is 14.0. The fourth-order valence-electron chi connectivity index (χ4n) is 5.39. The van der Waals surface area contributed by atoms with Gasteiger partial charge in [-0.3, -0.25) is 9.80 Å². The Kier molecular flexibility index (Phi) is 8.01. The molecule has 0 aliphatic carbocycles. The predicted octanol–water partition coefficient (Wildman–Crippen LogP) is 4.41. The molecule has 0 unspecified atom stereocenters. The molecular formula is C30H35F2N7O. The first-order valence-corrected chi connectivity index (χ1v) is 14.0. The minimum Gasteiger partial charge on any atom is -0.379 e. The lowest BCUT2D eigenvalue weighted by Crippen LogP contribution is -2.45. The number of morpholine rings is 1. The lowest BCUT2D eigenvalue weighted by Gasteiger charge is -2.34. The van der Waals surface area contributed by atoms with E-state index in [-0.39, 0.29) is 12.1 Å². The summed E-state index contributed by atoms with van der Waals surface area (Å²) >= 11 is 0. The van der Waals surface area contributed by atoms with Crippen molar-refractivity contribution in [1.29, 1.82) is 0 Å². The van der Waals surface area contributed by atoms with E-state index in [2.05, 4.69) is 44.1 Å². The van der Waals surface area contributed by atoms with E-state index in [9.17, 15) is 0 Å². The third-order valence-electron chi connectivity index (χ3n) is 7.85. The second kappa shape index (κ2) is 12.0. The number of fused-ring (bicyclic) bond motifs is 1. The third-order valence-corrected chi connectivity index (χ3v) is 7.85. The first kappa shape index (κ1) is 26.8. The van der Waals surface area contributed by atoms with Crippen LogP contribution in [0.3, 0.4) is 0 Å². The second-order valence-electron chi connectivity index (χ2n) is 10.5. The van der Waals surface area contributed by atoms with Crippen LogP contribution in [0.1, 0.15) is 18.1 Å². The highest BCUT2D eigenvalue weighted by atomic mass is 19.1. The third kappa shape index (κ3) is 6.00. The summed E-state index contributed by atoms with van der Waals surface area (Å²) in [6.07, 6.45) is 3.47. The minimum absolute atomic E-state index is 0.0748. The van der Waals surface area contributed by atoms with Crippen molar-refractivity contribution in [3.05, 3.63) is 77.6 Å². The van der Waals surface area contributed by atoms with Crippen molar-refractivity contribution in [2.24, 2.45) is 0 Å². The van der Waals surface area contributed by atoms with Gasteiger partial charge in [-0.1, -0.05) is 19.1 Å². The molecule has 4 heterocycles. The van der Waals surface area contributed by atoms with Crippen molar-refractivity contribution in [3.63, 3.8) is 0 Å². The van der Waals surface area contributed by atoms with Gasteiger partial charge in [-0.05, 0) is 42.4 Å². The number of hydrogen-bond acceptors (Lipinski definition) is 7. The molecular weight excluding hydrogens is 512 g/mol. The molecule has 6 rings (SSSR count). The van der Waals surface area contributed by atoms with E-state index < -0.39 is 11.6 Å². The van der Waals surface area contributed by atoms with Gasteiger partial charge in [0.2, 0.25) is 5.95 Å². The summed E-state index contributed by atoms with van der Waals surface area (Å²) in [5.74, 6) is -0.716. The average molecular weight is 548 g/mol. The molecule has 0 amide bonds. The highest BCUT2D eigenvalue weighted by Crippen LogP contribution is 2.25. The van der Waals surface area contributed by atoms with Gasteiger partial charge in [0.25, 0.3) is 0 Å². The molecule has 0 saturated carbocycles. The molecule has 2 aromatic heterocycles. The number of anilines is 2. The number of rotatable bonds is 8. The summed E-state index contributed by atoms with van der Waals surface area (Å²) in [5.41, 5.74) is 3.17. The largest absolute Gasteiger partial charge is 0.379 e. The Morgan fingerprint density at radius 1 is 0.850 bits per heavy atom. The van der Waals surface area contributed by atoms with Crippen molar-refractivity contribution >= 4 is 22.7 Å². The zero-order valence-electron chi connectivity index (χ0n) is 22.8. The normalized spacial score (nSPS) is 17.5. The number of piperazine rings is 1. The fraction of sp³-hybridized carbons (Fsp3) is 0.400. The molecule has 10 heteroatoms. The Bertz CT molecular complexity index is 1420. The smallest absolute Gasteiger partial charge is 0.229 e. The number of benzene rings is 2. The van der Waals surface area contributed by atoms with E-state index in [1.165, 1.54) is 17.7 Å². The van der Waals surface area contributed by atoms with Crippen LogP contribution in [-0.2, 0) is 17.8 Å². The maximum atomic E-state index is 15.1. The van der Waals surface area contributed by atoms with Gasteiger partial charge < -0.3 is 19.5 Å². The molecule has 2 aromatic carbocycles. The number of halogens is 2. The molecule has 4 aromatic rings. The van der Waals surface area contributed by atoms with Gasteiger partial charge in [0.15, 0.2) is 0 Å². The summed E-state index contributed by atoms with van der Waals surface area (Å²) in [7, 11) is 0. The van der Waals surface area contributed by atoms with Gasteiger partial charge in [-0.25, -0.2) is 13.8 Å². The van der Waals surface area contributed by atoms with Crippen LogP contribution >= 0.6 is 0 Å². The summed E-state index contributed by atoms with van der Waals surface area (Å²) in [6.45, 7) is 11.4. The lowest BCUT2D eigenvalue weighted by atomic mass is 10.1. The summed E-state index contributed by atoms with van der Waals surface area (Å²) in [4.78, 5) is 16.1. The van der Waals surface area contributed by atoms with Crippen molar-refractivity contribution in [2.45, 2.75) is 20.0 Å². The van der Waals surface area contributed by atoms with Crippen molar-refractivity contribution in [1.82, 2.24) is 29.2 Å². The summed E-state index contributed by atoms with van der Waals surface area (Å²) in [6, 6.07) is 12.9. The maximum Gasteiger partial charge on any atom is 0.229 e. The van der Waals surface area contributed by atoms with Crippen molar-refractivity contribution < 1.29 is 13.5 Å². The van der Waals surface area contributed by atoms with Crippen molar-refractivity contribution in [3.8, 4) is 5.69 Å². The Morgan fingerprint density at radius 2 is 1.52 bits per heavy atom. The molecule has 2 fully saturated rings. The minimum atomic E-state index is -0.567. The summed E-state index contributed by atoms with van der Waals surface area (Å²) < 4.78 is 37.2. The fourth-order valence-corrected chi connectivity index (χ4v) is 5.39. The molecule has 0 spiro atoms. The number of aromatic nitrogens is 3. The quantitative estimate of drug-likeness (QED) is 0.351. The molecule has 2 aliphatic heterocycles. The number of nitrogens with zero attached hydrogens (tertiary/aromatic N) is 6. The Morgan fingerprint density at radius 3 is 2.23 bits per heavy atom. The monoisotopic (exact) mass is 547 g/mol. The van der Waals surface area contributed by atoms with E-state index in [0.717, 1.165) is 50.3 Å². The topological polar surface area (TPSA) is 61.7 Å².